The van der Waals surface area contributed by atoms with Crippen LogP contribution in [0, 0.1) is 6.92 Å². The molecule has 2 aliphatic heterocycles. The van der Waals surface area contributed by atoms with Crippen molar-refractivity contribution in [1.82, 2.24) is 20.0 Å². The van der Waals surface area contributed by atoms with Crippen molar-refractivity contribution in [1.29, 1.82) is 0 Å². The van der Waals surface area contributed by atoms with E-state index < -0.39 is 35.6 Å². The first-order valence-corrected chi connectivity index (χ1v) is 10.9. The van der Waals surface area contributed by atoms with E-state index in [0.29, 0.717) is 11.4 Å². The van der Waals surface area contributed by atoms with Gasteiger partial charge in [-0.15, -0.1) is 0 Å². The molecule has 0 aliphatic carbocycles. The maximum absolute atomic E-state index is 12.7. The van der Waals surface area contributed by atoms with Crippen molar-refractivity contribution in [2.45, 2.75) is 32.0 Å². The van der Waals surface area contributed by atoms with Crippen LogP contribution in [-0.2, 0) is 20.9 Å². The lowest BCUT2D eigenvalue weighted by Gasteiger charge is -2.29. The minimum Gasteiger partial charge on any atom is -0.293 e. The topological polar surface area (TPSA) is 123 Å². The Morgan fingerprint density at radius 2 is 1.84 bits per heavy atom. The van der Waals surface area contributed by atoms with Crippen molar-refractivity contribution in [3.8, 4) is 0 Å². The molecule has 1 unspecified atom stereocenters. The van der Waals surface area contributed by atoms with E-state index in [9.17, 15) is 24.0 Å². The molecule has 0 saturated carbocycles. The fourth-order valence-electron chi connectivity index (χ4n) is 3.61. The molecule has 1 atom stereocenters. The number of nitrogens with one attached hydrogen (secondary N) is 2. The normalized spacial score (nSPS) is 18.9. The molecule has 1 aromatic heterocycles. The number of rotatable bonds is 6. The molecule has 0 radical (unpaired) electrons. The van der Waals surface area contributed by atoms with Gasteiger partial charge in [-0.2, -0.15) is 11.8 Å². The molecule has 2 saturated heterocycles. The predicted octanol–water partition coefficient (Wildman–Crippen LogP) is -0.441. The molecule has 11 heteroatoms. The van der Waals surface area contributed by atoms with Gasteiger partial charge in [0.2, 0.25) is 5.91 Å². The zero-order valence-corrected chi connectivity index (χ0v) is 17.6. The van der Waals surface area contributed by atoms with E-state index >= 15 is 0 Å². The molecule has 3 heterocycles. The number of carbonyl (C=O) groups is 3. The fourth-order valence-corrected chi connectivity index (χ4v) is 4.35. The van der Waals surface area contributed by atoms with E-state index in [-0.39, 0.29) is 18.4 Å². The molecule has 0 spiro atoms. The Hall–Kier alpha value is -3.18. The second kappa shape index (κ2) is 8.52. The van der Waals surface area contributed by atoms with Gasteiger partial charge in [0.15, 0.2) is 0 Å². The van der Waals surface area contributed by atoms with Gasteiger partial charge in [0.25, 0.3) is 17.4 Å². The number of aryl methyl sites for hydroxylation is 1. The highest BCUT2D eigenvalue weighted by atomic mass is 32.2. The number of imide groups is 1. The minimum absolute atomic E-state index is 0.0108. The summed E-state index contributed by atoms with van der Waals surface area (Å²) in [5, 5.41) is 0. The van der Waals surface area contributed by atoms with E-state index in [4.69, 9.17) is 0 Å². The Morgan fingerprint density at radius 3 is 2.48 bits per heavy atom. The molecular formula is C20H21N5O5S. The van der Waals surface area contributed by atoms with Crippen LogP contribution < -0.4 is 27.0 Å². The first-order valence-electron chi connectivity index (χ1n) is 9.73. The van der Waals surface area contributed by atoms with Crippen LogP contribution in [0.5, 0.6) is 0 Å². The number of aromatic nitrogens is 2. The molecule has 2 aromatic rings. The molecular weight excluding hydrogens is 422 g/mol. The number of thioether (sulfide) groups is 1. The minimum atomic E-state index is -0.935. The first-order chi connectivity index (χ1) is 14.9. The lowest BCUT2D eigenvalue weighted by atomic mass is 10.2. The summed E-state index contributed by atoms with van der Waals surface area (Å²) in [6.45, 7) is 1.20. The quantitative estimate of drug-likeness (QED) is 0.458. The number of nitrogens with zero attached hydrogens (tertiary/aromatic N) is 3. The largest absolute Gasteiger partial charge is 0.331 e. The monoisotopic (exact) mass is 443 g/mol. The van der Waals surface area contributed by atoms with E-state index in [1.54, 1.807) is 49.0 Å². The van der Waals surface area contributed by atoms with Gasteiger partial charge in [0.05, 0.1) is 18.2 Å². The number of para-hydroxylation sites is 1. The summed E-state index contributed by atoms with van der Waals surface area (Å²) in [6, 6.07) is 8.90. The van der Waals surface area contributed by atoms with Gasteiger partial charge in [0, 0.05) is 23.3 Å². The Bertz CT molecular complexity index is 1150. The molecule has 2 fully saturated rings. The molecule has 3 amide bonds. The van der Waals surface area contributed by atoms with Crippen LogP contribution in [0.25, 0.3) is 0 Å². The van der Waals surface area contributed by atoms with Crippen LogP contribution in [0.2, 0.25) is 0 Å². The summed E-state index contributed by atoms with van der Waals surface area (Å²) >= 11 is 1.70. The van der Waals surface area contributed by atoms with Gasteiger partial charge in [-0.1, -0.05) is 18.2 Å². The maximum Gasteiger partial charge on any atom is 0.331 e. The summed E-state index contributed by atoms with van der Waals surface area (Å²) in [7, 11) is 0. The molecule has 4 rings (SSSR count). The van der Waals surface area contributed by atoms with Crippen LogP contribution in [0.3, 0.4) is 0 Å². The van der Waals surface area contributed by atoms with Crippen LogP contribution in [0.1, 0.15) is 18.2 Å². The summed E-state index contributed by atoms with van der Waals surface area (Å²) in [6.07, 6.45) is -0.120. The van der Waals surface area contributed by atoms with Crippen LogP contribution >= 0.6 is 11.8 Å². The van der Waals surface area contributed by atoms with Crippen molar-refractivity contribution in [3.63, 3.8) is 0 Å². The molecule has 10 nitrogen and oxygen atoms in total. The SMILES string of the molecule is Cc1cc(=O)n(CC(=O)NNC2CC(=O)N(c3ccccc3)C2=O)c(=O)n1C1CSC1. The molecule has 162 valence electrons. The summed E-state index contributed by atoms with van der Waals surface area (Å²) in [5.41, 5.74) is 4.81. The average Bonchev–Trinajstić information content (AvgIpc) is 2.99. The van der Waals surface area contributed by atoms with Crippen LogP contribution in [-0.4, -0.2) is 44.4 Å². The number of hydrazine groups is 1. The average molecular weight is 443 g/mol. The van der Waals surface area contributed by atoms with Gasteiger partial charge in [-0.3, -0.25) is 33.7 Å². The van der Waals surface area contributed by atoms with E-state index in [1.807, 2.05) is 0 Å². The first kappa shape index (κ1) is 21.1. The zero-order valence-electron chi connectivity index (χ0n) is 16.7. The lowest BCUT2D eigenvalue weighted by molar-refractivity contribution is -0.124. The van der Waals surface area contributed by atoms with Gasteiger partial charge in [0.1, 0.15) is 12.6 Å². The van der Waals surface area contributed by atoms with Gasteiger partial charge < -0.3 is 0 Å². The third-order valence-electron chi connectivity index (χ3n) is 5.25. The summed E-state index contributed by atoms with van der Waals surface area (Å²) in [5.74, 6) is 0.00835. The van der Waals surface area contributed by atoms with Gasteiger partial charge >= 0.3 is 5.69 Å². The number of hydrogen-bond donors (Lipinski definition) is 2. The predicted molar refractivity (Wildman–Crippen MR) is 115 cm³/mol. The van der Waals surface area contributed by atoms with Gasteiger partial charge in [-0.25, -0.2) is 15.1 Å². The molecule has 2 aliphatic rings. The van der Waals surface area contributed by atoms with Gasteiger partial charge in [-0.05, 0) is 19.1 Å². The smallest absolute Gasteiger partial charge is 0.293 e. The Labute approximate surface area is 181 Å². The number of carbonyl (C=O) groups excluding carboxylic acids is 3. The van der Waals surface area contributed by atoms with Crippen molar-refractivity contribution in [2.24, 2.45) is 0 Å². The Morgan fingerprint density at radius 1 is 1.13 bits per heavy atom. The highest BCUT2D eigenvalue weighted by molar-refractivity contribution is 8.00. The number of amides is 3. The van der Waals surface area contributed by atoms with E-state index in [2.05, 4.69) is 10.9 Å². The molecule has 31 heavy (non-hydrogen) atoms. The lowest BCUT2D eigenvalue weighted by Crippen LogP contribution is -2.51. The molecule has 2 N–H and O–H groups in total. The van der Waals surface area contributed by atoms with Crippen LogP contribution in [0.15, 0.2) is 46.0 Å². The third kappa shape index (κ3) is 4.06. The number of hydrogen-bond acceptors (Lipinski definition) is 7. The van der Waals surface area contributed by atoms with Crippen LogP contribution in [0.4, 0.5) is 5.69 Å². The molecule has 1 aromatic carbocycles. The molecule has 0 bridgehead atoms. The standard InChI is InChI=1S/C20H21N5O5S/c1-12-7-17(27)23(20(30)24(12)14-10-31-11-14)9-16(26)22-21-15-8-18(28)25(19(15)29)13-5-3-2-4-6-13/h2-7,14-15,21H,8-11H2,1H3,(H,22,26). The highest BCUT2D eigenvalue weighted by Gasteiger charge is 2.39. The zero-order chi connectivity index (χ0) is 22.1. The second-order valence-electron chi connectivity index (χ2n) is 7.41. The number of anilines is 1. The van der Waals surface area contributed by atoms with Crippen molar-refractivity contribution >= 4 is 35.2 Å². The Kier molecular flexibility index (Phi) is 5.79. The van der Waals surface area contributed by atoms with Crippen molar-refractivity contribution < 1.29 is 14.4 Å². The summed E-state index contributed by atoms with van der Waals surface area (Å²) < 4.78 is 2.40. The number of benzene rings is 1. The maximum atomic E-state index is 12.7. The fraction of sp³-hybridized carbons (Fsp3) is 0.350. The Balaban J connectivity index is 1.42. The second-order valence-corrected chi connectivity index (χ2v) is 8.48. The van der Waals surface area contributed by atoms with Crippen molar-refractivity contribution in [2.75, 3.05) is 16.4 Å². The van der Waals surface area contributed by atoms with Crippen molar-refractivity contribution in [3.05, 3.63) is 62.9 Å². The third-order valence-corrected chi connectivity index (χ3v) is 6.49. The van der Waals surface area contributed by atoms with E-state index in [1.165, 1.54) is 10.6 Å². The van der Waals surface area contributed by atoms with E-state index in [0.717, 1.165) is 21.0 Å². The summed E-state index contributed by atoms with van der Waals surface area (Å²) in [4.78, 5) is 63.3. The highest BCUT2D eigenvalue weighted by Crippen LogP contribution is 2.28.